The summed E-state index contributed by atoms with van der Waals surface area (Å²) < 4.78 is 16.2. The molecule has 0 amide bonds. The van der Waals surface area contributed by atoms with Gasteiger partial charge in [-0.2, -0.15) is 5.10 Å². The average molecular weight is 411 g/mol. The largest absolute Gasteiger partial charge is 0.313 e. The summed E-state index contributed by atoms with van der Waals surface area (Å²) in [6, 6.07) is 20.6. The summed E-state index contributed by atoms with van der Waals surface area (Å²) in [4.78, 5) is 21.2. The molecule has 7 heteroatoms. The van der Waals surface area contributed by atoms with Crippen LogP contribution in [-0.4, -0.2) is 26.7 Å². The molecule has 4 aromatic rings. The molecule has 2 aromatic carbocycles. The van der Waals surface area contributed by atoms with Crippen LogP contribution in [0.15, 0.2) is 95.0 Å². The van der Waals surface area contributed by atoms with Crippen molar-refractivity contribution in [3.05, 3.63) is 107 Å². The molecule has 2 heterocycles. The number of benzene rings is 2. The number of nitrogens with zero attached hydrogens (tertiary/aromatic N) is 4. The summed E-state index contributed by atoms with van der Waals surface area (Å²) in [7, 11) is 0. The quantitative estimate of drug-likeness (QED) is 0.471. The molecule has 152 valence electrons. The minimum Gasteiger partial charge on any atom is -0.313 e. The van der Waals surface area contributed by atoms with Gasteiger partial charge in [0, 0.05) is 36.7 Å². The van der Waals surface area contributed by atoms with Gasteiger partial charge in [-0.25, -0.2) is 9.07 Å². The number of para-hydroxylation sites is 1. The number of aromatic nitrogens is 3. The maximum Gasteiger partial charge on any atom is 0.209 e. The smallest absolute Gasteiger partial charge is 0.209 e. The van der Waals surface area contributed by atoms with Crippen LogP contribution in [0.3, 0.4) is 0 Å². The zero-order chi connectivity index (χ0) is 21.6. The van der Waals surface area contributed by atoms with Crippen molar-refractivity contribution in [3.63, 3.8) is 0 Å². The predicted molar refractivity (Wildman–Crippen MR) is 119 cm³/mol. The first-order valence-electron chi connectivity index (χ1n) is 9.59. The zero-order valence-electron chi connectivity index (χ0n) is 16.4. The van der Waals surface area contributed by atoms with Gasteiger partial charge in [-0.1, -0.05) is 30.3 Å². The Hall–Kier alpha value is -4.26. The van der Waals surface area contributed by atoms with Crippen LogP contribution in [0.4, 0.5) is 10.1 Å². The Morgan fingerprint density at radius 3 is 2.58 bits per heavy atom. The normalized spacial score (nSPS) is 11.3. The lowest BCUT2D eigenvalue weighted by molar-refractivity contribution is 0.608. The lowest BCUT2D eigenvalue weighted by Gasteiger charge is -2.10. The maximum atomic E-state index is 14.9. The molecule has 0 spiro atoms. The van der Waals surface area contributed by atoms with Crippen molar-refractivity contribution in [3.8, 4) is 16.9 Å². The predicted octanol–water partition coefficient (Wildman–Crippen LogP) is 4.59. The first-order valence-corrected chi connectivity index (χ1v) is 9.59. The van der Waals surface area contributed by atoms with Crippen LogP contribution in [0.1, 0.15) is 12.1 Å². The molecule has 0 bridgehead atoms. The molecule has 4 rings (SSSR count). The summed E-state index contributed by atoms with van der Waals surface area (Å²) in [6.45, 7) is 0. The minimum absolute atomic E-state index is 0.0723. The van der Waals surface area contributed by atoms with Gasteiger partial charge in [-0.05, 0) is 36.4 Å². The van der Waals surface area contributed by atoms with Gasteiger partial charge in [0.25, 0.3) is 0 Å². The van der Waals surface area contributed by atoms with E-state index >= 15 is 0 Å². The lowest BCUT2D eigenvalue weighted by Crippen LogP contribution is -2.22. The number of rotatable bonds is 6. The first-order chi connectivity index (χ1) is 15.2. The molecule has 0 atom stereocenters. The molecular weight excluding hydrogens is 393 g/mol. The van der Waals surface area contributed by atoms with E-state index in [9.17, 15) is 9.18 Å². The number of halogens is 1. The van der Waals surface area contributed by atoms with Crippen molar-refractivity contribution in [1.29, 1.82) is 5.41 Å². The second kappa shape index (κ2) is 9.04. The highest BCUT2D eigenvalue weighted by atomic mass is 19.1. The van der Waals surface area contributed by atoms with Gasteiger partial charge in [0.2, 0.25) is 5.43 Å². The van der Waals surface area contributed by atoms with Gasteiger partial charge in [0.05, 0.1) is 17.1 Å². The standard InChI is InChI=1S/C24H18FN5O/c25-19-16-17(20-8-4-5-14-27-20)9-10-22(19)30-15-12-23(31)24(29-30)21(11-13-26)28-18-6-2-1-3-7-18/h1-10,12-16,26H,11H2. The second-order valence-corrected chi connectivity index (χ2v) is 6.66. The van der Waals surface area contributed by atoms with Gasteiger partial charge < -0.3 is 5.41 Å². The molecule has 0 aliphatic carbocycles. The van der Waals surface area contributed by atoms with Crippen LogP contribution in [0.2, 0.25) is 0 Å². The third-order valence-corrected chi connectivity index (χ3v) is 4.55. The Kier molecular flexibility index (Phi) is 5.84. The Bertz CT molecular complexity index is 1300. The third-order valence-electron chi connectivity index (χ3n) is 4.55. The average Bonchev–Trinajstić information content (AvgIpc) is 2.80. The van der Waals surface area contributed by atoms with Crippen LogP contribution in [-0.2, 0) is 0 Å². The van der Waals surface area contributed by atoms with Crippen molar-refractivity contribution >= 4 is 17.6 Å². The van der Waals surface area contributed by atoms with Gasteiger partial charge in [0.1, 0.15) is 11.5 Å². The molecule has 0 saturated carbocycles. The van der Waals surface area contributed by atoms with Crippen LogP contribution in [0, 0.1) is 11.2 Å². The summed E-state index contributed by atoms with van der Waals surface area (Å²) >= 11 is 0. The van der Waals surface area contributed by atoms with E-state index in [0.29, 0.717) is 22.7 Å². The monoisotopic (exact) mass is 411 g/mol. The van der Waals surface area contributed by atoms with Crippen LogP contribution in [0.5, 0.6) is 0 Å². The molecule has 0 saturated heterocycles. The van der Waals surface area contributed by atoms with Crippen molar-refractivity contribution in [2.45, 2.75) is 6.42 Å². The Labute approximate surface area is 177 Å². The van der Waals surface area contributed by atoms with Crippen LogP contribution < -0.4 is 5.43 Å². The molecule has 0 fully saturated rings. The molecule has 0 radical (unpaired) electrons. The van der Waals surface area contributed by atoms with E-state index < -0.39 is 5.82 Å². The highest BCUT2D eigenvalue weighted by molar-refractivity contribution is 6.06. The van der Waals surface area contributed by atoms with Crippen LogP contribution >= 0.6 is 0 Å². The summed E-state index contributed by atoms with van der Waals surface area (Å²) in [6.07, 6.45) is 4.34. The van der Waals surface area contributed by atoms with E-state index in [1.165, 1.54) is 23.0 Å². The Balaban J connectivity index is 1.76. The highest BCUT2D eigenvalue weighted by Gasteiger charge is 2.14. The summed E-state index contributed by atoms with van der Waals surface area (Å²) in [5, 5.41) is 11.8. The first kappa shape index (κ1) is 20.0. The van der Waals surface area contributed by atoms with Gasteiger partial charge >= 0.3 is 0 Å². The third kappa shape index (κ3) is 4.51. The minimum atomic E-state index is -0.501. The van der Waals surface area contributed by atoms with E-state index in [4.69, 9.17) is 5.41 Å². The molecule has 0 unspecified atom stereocenters. The molecule has 0 aliphatic rings. The molecule has 2 aromatic heterocycles. The van der Waals surface area contributed by atoms with E-state index in [1.807, 2.05) is 24.3 Å². The lowest BCUT2D eigenvalue weighted by atomic mass is 10.1. The maximum absolute atomic E-state index is 14.9. The number of hydrogen-bond donors (Lipinski definition) is 1. The highest BCUT2D eigenvalue weighted by Crippen LogP contribution is 2.22. The van der Waals surface area contributed by atoms with Crippen molar-refractivity contribution in [2.75, 3.05) is 0 Å². The number of aliphatic imine (C=N–C) groups is 1. The van der Waals surface area contributed by atoms with E-state index in [2.05, 4.69) is 15.1 Å². The summed E-state index contributed by atoms with van der Waals surface area (Å²) in [5.74, 6) is -0.501. The van der Waals surface area contributed by atoms with Crippen molar-refractivity contribution in [2.24, 2.45) is 4.99 Å². The molecule has 31 heavy (non-hydrogen) atoms. The second-order valence-electron chi connectivity index (χ2n) is 6.66. The molecular formula is C24H18FN5O. The van der Waals surface area contributed by atoms with E-state index in [1.54, 1.807) is 42.6 Å². The number of hydrogen-bond acceptors (Lipinski definition) is 5. The fourth-order valence-corrected chi connectivity index (χ4v) is 3.08. The molecule has 0 aliphatic heterocycles. The summed E-state index contributed by atoms with van der Waals surface area (Å²) in [5.41, 5.74) is 2.19. The fourth-order valence-electron chi connectivity index (χ4n) is 3.08. The van der Waals surface area contributed by atoms with Crippen molar-refractivity contribution < 1.29 is 4.39 Å². The fraction of sp³-hybridized carbons (Fsp3) is 0.0417. The zero-order valence-corrected chi connectivity index (χ0v) is 16.4. The SMILES string of the molecule is N=CCC(=Nc1ccccc1)c1nn(-c2ccc(-c3ccccn3)cc2F)ccc1=O. The number of pyridine rings is 1. The van der Waals surface area contributed by atoms with Gasteiger partial charge in [-0.3, -0.25) is 14.8 Å². The topological polar surface area (TPSA) is 84.0 Å². The van der Waals surface area contributed by atoms with Crippen molar-refractivity contribution in [1.82, 2.24) is 14.8 Å². The van der Waals surface area contributed by atoms with E-state index in [-0.39, 0.29) is 23.2 Å². The van der Waals surface area contributed by atoms with Gasteiger partial charge in [-0.15, -0.1) is 0 Å². The number of nitrogens with one attached hydrogen (secondary N) is 1. The van der Waals surface area contributed by atoms with Crippen LogP contribution in [0.25, 0.3) is 16.9 Å². The van der Waals surface area contributed by atoms with Gasteiger partial charge in [0.15, 0.2) is 5.69 Å². The molecule has 6 nitrogen and oxygen atoms in total. The Morgan fingerprint density at radius 1 is 1.06 bits per heavy atom. The Morgan fingerprint density at radius 2 is 1.87 bits per heavy atom. The van der Waals surface area contributed by atoms with E-state index in [0.717, 1.165) is 6.21 Å². The molecule has 1 N–H and O–H groups in total.